The van der Waals surface area contributed by atoms with E-state index in [1.54, 1.807) is 20.4 Å². The standard InChI is InChI=1S/C23H25N3O4S/c1-24-22(28)21-20(16-7-5-11-25-23(16)31-21)18-14-26(12-13-30-18)19(27)10-9-15-6-3-4-8-17(15)29-2/h3-8,11,18H,9-10,12-14H2,1-2H3,(H,24,28)/t18-/m1/s1. The van der Waals surface area contributed by atoms with Crippen molar-refractivity contribution in [3.63, 3.8) is 0 Å². The lowest BCUT2D eigenvalue weighted by molar-refractivity contribution is -0.138. The summed E-state index contributed by atoms with van der Waals surface area (Å²) in [6, 6.07) is 11.6. The van der Waals surface area contributed by atoms with E-state index < -0.39 is 0 Å². The third-order valence-corrected chi connectivity index (χ3v) is 6.61. The maximum absolute atomic E-state index is 13.0. The summed E-state index contributed by atoms with van der Waals surface area (Å²) < 4.78 is 11.4. The molecule has 1 aromatic carbocycles. The van der Waals surface area contributed by atoms with Crippen LogP contribution in [0.4, 0.5) is 0 Å². The van der Waals surface area contributed by atoms with Gasteiger partial charge < -0.3 is 19.7 Å². The first kappa shape index (κ1) is 21.3. The van der Waals surface area contributed by atoms with Crippen molar-refractivity contribution in [1.29, 1.82) is 0 Å². The van der Waals surface area contributed by atoms with Crippen LogP contribution in [0.15, 0.2) is 42.6 Å². The van der Waals surface area contributed by atoms with Gasteiger partial charge in [0.25, 0.3) is 5.91 Å². The van der Waals surface area contributed by atoms with Crippen molar-refractivity contribution in [2.24, 2.45) is 0 Å². The zero-order valence-electron chi connectivity index (χ0n) is 17.6. The molecule has 1 aliphatic rings. The van der Waals surface area contributed by atoms with Crippen LogP contribution < -0.4 is 10.1 Å². The SMILES string of the molecule is CNC(=O)c1sc2ncccc2c1[C@H]1CN(C(=O)CCc2ccccc2OC)CCO1. The number of thiophene rings is 1. The number of nitrogens with zero attached hydrogens (tertiary/aromatic N) is 2. The van der Waals surface area contributed by atoms with Crippen molar-refractivity contribution >= 4 is 33.4 Å². The fraction of sp³-hybridized carbons (Fsp3) is 0.348. The molecule has 1 saturated heterocycles. The van der Waals surface area contributed by atoms with Crippen molar-refractivity contribution in [2.45, 2.75) is 18.9 Å². The van der Waals surface area contributed by atoms with Crippen molar-refractivity contribution in [2.75, 3.05) is 33.9 Å². The number of pyridine rings is 1. The van der Waals surface area contributed by atoms with Gasteiger partial charge in [0.05, 0.1) is 20.3 Å². The number of rotatable bonds is 6. The van der Waals surface area contributed by atoms with E-state index in [9.17, 15) is 9.59 Å². The lowest BCUT2D eigenvalue weighted by Gasteiger charge is -2.33. The highest BCUT2D eigenvalue weighted by Crippen LogP contribution is 2.37. The Labute approximate surface area is 185 Å². The molecule has 0 unspecified atom stereocenters. The monoisotopic (exact) mass is 439 g/mol. The zero-order chi connectivity index (χ0) is 21.8. The molecular formula is C23H25N3O4S. The molecule has 1 fully saturated rings. The Hall–Kier alpha value is -2.97. The Morgan fingerprint density at radius 1 is 1.29 bits per heavy atom. The van der Waals surface area contributed by atoms with Gasteiger partial charge in [-0.25, -0.2) is 4.98 Å². The van der Waals surface area contributed by atoms with Crippen LogP contribution in [0.3, 0.4) is 0 Å². The summed E-state index contributed by atoms with van der Waals surface area (Å²) in [6.07, 6.45) is 2.35. The number of aryl methyl sites for hydroxylation is 1. The minimum atomic E-state index is -0.366. The predicted molar refractivity (Wildman–Crippen MR) is 120 cm³/mol. The first-order chi connectivity index (χ1) is 15.1. The normalized spacial score (nSPS) is 16.3. The van der Waals surface area contributed by atoms with E-state index in [0.717, 1.165) is 27.1 Å². The number of methoxy groups -OCH3 is 1. The van der Waals surface area contributed by atoms with E-state index in [4.69, 9.17) is 9.47 Å². The van der Waals surface area contributed by atoms with Crippen molar-refractivity contribution in [3.8, 4) is 5.75 Å². The highest BCUT2D eigenvalue weighted by Gasteiger charge is 2.31. The quantitative estimate of drug-likeness (QED) is 0.638. The minimum Gasteiger partial charge on any atom is -0.496 e. The van der Waals surface area contributed by atoms with E-state index in [1.165, 1.54) is 11.3 Å². The second-order valence-electron chi connectivity index (χ2n) is 7.29. The van der Waals surface area contributed by atoms with E-state index >= 15 is 0 Å². The van der Waals surface area contributed by atoms with Crippen LogP contribution in [-0.2, 0) is 16.0 Å². The van der Waals surface area contributed by atoms with Gasteiger partial charge in [0, 0.05) is 37.2 Å². The van der Waals surface area contributed by atoms with E-state index in [1.807, 2.05) is 41.3 Å². The van der Waals surface area contributed by atoms with E-state index in [-0.39, 0.29) is 17.9 Å². The molecule has 4 rings (SSSR count). The molecule has 31 heavy (non-hydrogen) atoms. The fourth-order valence-electron chi connectivity index (χ4n) is 3.91. The molecule has 1 aliphatic heterocycles. The van der Waals surface area contributed by atoms with Crippen molar-refractivity contribution < 1.29 is 19.1 Å². The van der Waals surface area contributed by atoms with Gasteiger partial charge in [-0.3, -0.25) is 9.59 Å². The lowest BCUT2D eigenvalue weighted by atomic mass is 10.0. The number of ether oxygens (including phenoxy) is 2. The van der Waals surface area contributed by atoms with Crippen LogP contribution in [0.2, 0.25) is 0 Å². The van der Waals surface area contributed by atoms with Crippen LogP contribution in [0.25, 0.3) is 10.2 Å². The number of morpholine rings is 1. The van der Waals surface area contributed by atoms with Gasteiger partial charge in [-0.2, -0.15) is 0 Å². The Morgan fingerprint density at radius 2 is 2.13 bits per heavy atom. The first-order valence-corrected chi connectivity index (χ1v) is 11.0. The molecule has 1 N–H and O–H groups in total. The number of carbonyl (C=O) groups is 2. The smallest absolute Gasteiger partial charge is 0.261 e. The number of para-hydroxylation sites is 1. The highest BCUT2D eigenvalue weighted by atomic mass is 32.1. The number of carbonyl (C=O) groups excluding carboxylic acids is 2. The molecule has 0 radical (unpaired) electrons. The molecule has 8 heteroatoms. The van der Waals surface area contributed by atoms with Crippen LogP contribution in [-0.4, -0.2) is 55.6 Å². The molecule has 0 bridgehead atoms. The molecule has 1 atom stereocenters. The summed E-state index contributed by atoms with van der Waals surface area (Å²) in [7, 11) is 3.25. The average Bonchev–Trinajstić information content (AvgIpc) is 3.22. The van der Waals surface area contributed by atoms with Gasteiger partial charge in [-0.05, 0) is 24.1 Å². The molecular weight excluding hydrogens is 414 g/mol. The molecule has 0 saturated carbocycles. The van der Waals surface area contributed by atoms with Gasteiger partial charge in [0.2, 0.25) is 5.91 Å². The highest BCUT2D eigenvalue weighted by molar-refractivity contribution is 7.20. The van der Waals surface area contributed by atoms with Crippen LogP contribution >= 0.6 is 11.3 Å². The third-order valence-electron chi connectivity index (χ3n) is 5.48. The summed E-state index contributed by atoms with van der Waals surface area (Å²) in [5, 5.41) is 3.60. The summed E-state index contributed by atoms with van der Waals surface area (Å²) >= 11 is 1.35. The summed E-state index contributed by atoms with van der Waals surface area (Å²) in [5.41, 5.74) is 1.83. The number of nitrogens with one attached hydrogen (secondary N) is 1. The third kappa shape index (κ3) is 4.40. The number of aromatic nitrogens is 1. The Kier molecular flexibility index (Phi) is 6.48. The fourth-order valence-corrected chi connectivity index (χ4v) is 5.05. The number of hydrogen-bond donors (Lipinski definition) is 1. The summed E-state index contributed by atoms with van der Waals surface area (Å²) in [5.74, 6) is 0.696. The molecule has 0 spiro atoms. The lowest BCUT2D eigenvalue weighted by Crippen LogP contribution is -2.42. The van der Waals surface area contributed by atoms with E-state index in [0.29, 0.717) is 37.4 Å². The van der Waals surface area contributed by atoms with Gasteiger partial charge in [0.15, 0.2) is 0 Å². The molecule has 2 amide bonds. The predicted octanol–water partition coefficient (Wildman–Crippen LogP) is 3.20. The maximum Gasteiger partial charge on any atom is 0.261 e. The Bertz CT molecular complexity index is 1100. The number of benzene rings is 1. The van der Waals surface area contributed by atoms with Crippen molar-refractivity contribution in [3.05, 3.63) is 58.6 Å². The number of hydrogen-bond acceptors (Lipinski definition) is 6. The average molecular weight is 440 g/mol. The van der Waals surface area contributed by atoms with Crippen LogP contribution in [0, 0.1) is 0 Å². The van der Waals surface area contributed by atoms with Gasteiger partial charge >= 0.3 is 0 Å². The topological polar surface area (TPSA) is 80.8 Å². The second-order valence-corrected chi connectivity index (χ2v) is 8.29. The van der Waals surface area contributed by atoms with Crippen molar-refractivity contribution in [1.82, 2.24) is 15.2 Å². The first-order valence-electron chi connectivity index (χ1n) is 10.2. The molecule has 3 aromatic rings. The van der Waals surface area contributed by atoms with Crippen LogP contribution in [0.5, 0.6) is 5.75 Å². The largest absolute Gasteiger partial charge is 0.496 e. The summed E-state index contributed by atoms with van der Waals surface area (Å²) in [4.78, 5) is 33.1. The molecule has 7 nitrogen and oxygen atoms in total. The maximum atomic E-state index is 13.0. The Morgan fingerprint density at radius 3 is 2.94 bits per heavy atom. The number of fused-ring (bicyclic) bond motifs is 1. The minimum absolute atomic E-state index is 0.0679. The zero-order valence-corrected chi connectivity index (χ0v) is 18.4. The molecule has 2 aromatic heterocycles. The van der Waals surface area contributed by atoms with Gasteiger partial charge in [0.1, 0.15) is 21.6 Å². The Balaban J connectivity index is 1.52. The van der Waals surface area contributed by atoms with Gasteiger partial charge in [-0.15, -0.1) is 11.3 Å². The number of amides is 2. The molecule has 162 valence electrons. The summed E-state index contributed by atoms with van der Waals surface area (Å²) in [6.45, 7) is 1.38. The second kappa shape index (κ2) is 9.45. The van der Waals surface area contributed by atoms with Crippen LogP contribution in [0.1, 0.15) is 33.3 Å². The van der Waals surface area contributed by atoms with Gasteiger partial charge in [-0.1, -0.05) is 24.3 Å². The molecule has 3 heterocycles. The molecule has 0 aliphatic carbocycles. The van der Waals surface area contributed by atoms with E-state index in [2.05, 4.69) is 10.3 Å².